The number of hydrogen-bond acceptors (Lipinski definition) is 3. The van der Waals surface area contributed by atoms with Crippen molar-refractivity contribution in [1.82, 2.24) is 4.90 Å². The van der Waals surface area contributed by atoms with Crippen LogP contribution in [0.3, 0.4) is 0 Å². The third-order valence-corrected chi connectivity index (χ3v) is 3.87. The lowest BCUT2D eigenvalue weighted by molar-refractivity contribution is -0.135. The average molecular weight is 333 g/mol. The molecule has 21 heavy (non-hydrogen) atoms. The topological polar surface area (TPSA) is 55.6 Å². The molecule has 1 aromatic rings. The van der Waals surface area contributed by atoms with Crippen molar-refractivity contribution in [3.63, 3.8) is 0 Å². The van der Waals surface area contributed by atoms with E-state index in [4.69, 9.17) is 22.1 Å². The van der Waals surface area contributed by atoms with Crippen LogP contribution < -0.4 is 10.5 Å². The summed E-state index contributed by atoms with van der Waals surface area (Å²) in [4.78, 5) is 14.1. The first kappa shape index (κ1) is 18.1. The Hall–Kier alpha value is -0.970. The van der Waals surface area contributed by atoms with Gasteiger partial charge in [0.15, 0.2) is 0 Å². The number of benzene rings is 1. The number of nitrogens with two attached hydrogens (primary N) is 1. The lowest BCUT2D eigenvalue weighted by Gasteiger charge is -2.35. The molecule has 1 aromatic carbocycles. The van der Waals surface area contributed by atoms with Gasteiger partial charge >= 0.3 is 0 Å². The van der Waals surface area contributed by atoms with Crippen molar-refractivity contribution in [2.75, 3.05) is 19.7 Å². The molecular formula is C15H22Cl2N2O2. The maximum atomic E-state index is 12.2. The molecular weight excluding hydrogens is 311 g/mol. The second kappa shape index (κ2) is 9.13. The third-order valence-electron chi connectivity index (χ3n) is 3.62. The van der Waals surface area contributed by atoms with Gasteiger partial charge in [-0.05, 0) is 43.5 Å². The number of nitrogens with zero attached hydrogens (tertiary/aromatic N) is 1. The van der Waals surface area contributed by atoms with Crippen LogP contribution in [0.5, 0.6) is 5.75 Å². The molecule has 0 spiro atoms. The van der Waals surface area contributed by atoms with Crippen molar-refractivity contribution >= 4 is 29.9 Å². The Balaban J connectivity index is 0.00000220. The number of ether oxygens (including phenoxy) is 1. The van der Waals surface area contributed by atoms with Gasteiger partial charge in [-0.3, -0.25) is 4.79 Å². The highest BCUT2D eigenvalue weighted by atomic mass is 35.5. The highest BCUT2D eigenvalue weighted by molar-refractivity contribution is 6.30. The average Bonchev–Trinajstić information content (AvgIpc) is 2.49. The number of hydrogen-bond donors (Lipinski definition) is 1. The molecule has 4 nitrogen and oxygen atoms in total. The Morgan fingerprint density at radius 3 is 2.71 bits per heavy atom. The summed E-state index contributed by atoms with van der Waals surface area (Å²) in [7, 11) is 0. The lowest BCUT2D eigenvalue weighted by atomic mass is 10.0. The second-order valence-corrected chi connectivity index (χ2v) is 5.46. The molecule has 2 N–H and O–H groups in total. The molecule has 0 radical (unpaired) electrons. The number of likely N-dealkylation sites (tertiary alicyclic amines) is 1. The molecule has 0 saturated carbocycles. The molecule has 2 rings (SSSR count). The van der Waals surface area contributed by atoms with Gasteiger partial charge in [-0.2, -0.15) is 0 Å². The van der Waals surface area contributed by atoms with Gasteiger partial charge in [-0.25, -0.2) is 0 Å². The smallest absolute Gasteiger partial charge is 0.226 e. The maximum Gasteiger partial charge on any atom is 0.226 e. The fourth-order valence-corrected chi connectivity index (χ4v) is 2.63. The van der Waals surface area contributed by atoms with Crippen LogP contribution in [0.2, 0.25) is 5.02 Å². The monoisotopic (exact) mass is 332 g/mol. The van der Waals surface area contributed by atoms with Crippen LogP contribution in [-0.2, 0) is 4.79 Å². The molecule has 0 aromatic heterocycles. The number of rotatable bonds is 5. The van der Waals surface area contributed by atoms with Gasteiger partial charge in [0.25, 0.3) is 0 Å². The summed E-state index contributed by atoms with van der Waals surface area (Å²) >= 11 is 5.80. The zero-order valence-electron chi connectivity index (χ0n) is 12.0. The van der Waals surface area contributed by atoms with E-state index in [0.29, 0.717) is 24.6 Å². The summed E-state index contributed by atoms with van der Waals surface area (Å²) in [5, 5.41) is 0.674. The number of halogens is 2. The fourth-order valence-electron chi connectivity index (χ4n) is 2.50. The van der Waals surface area contributed by atoms with Crippen LogP contribution in [0.15, 0.2) is 24.3 Å². The van der Waals surface area contributed by atoms with Crippen molar-refractivity contribution in [3.8, 4) is 5.75 Å². The summed E-state index contributed by atoms with van der Waals surface area (Å²) in [6.45, 7) is 1.75. The van der Waals surface area contributed by atoms with Gasteiger partial charge in [-0.1, -0.05) is 11.6 Å². The fraction of sp³-hybridized carbons (Fsp3) is 0.533. The van der Waals surface area contributed by atoms with E-state index in [2.05, 4.69) is 0 Å². The molecule has 1 aliphatic rings. The summed E-state index contributed by atoms with van der Waals surface area (Å²) < 4.78 is 5.55. The minimum absolute atomic E-state index is 0. The number of amides is 1. The lowest BCUT2D eigenvalue weighted by Crippen LogP contribution is -2.47. The van der Waals surface area contributed by atoms with Crippen molar-refractivity contribution in [3.05, 3.63) is 29.3 Å². The molecule has 1 saturated heterocycles. The Morgan fingerprint density at radius 2 is 2.05 bits per heavy atom. The number of carbonyl (C=O) groups excluding carboxylic acids is 1. The molecule has 6 heteroatoms. The van der Waals surface area contributed by atoms with E-state index in [1.165, 1.54) is 0 Å². The predicted molar refractivity (Wildman–Crippen MR) is 87.2 cm³/mol. The molecule has 118 valence electrons. The van der Waals surface area contributed by atoms with E-state index in [0.717, 1.165) is 31.6 Å². The quantitative estimate of drug-likeness (QED) is 0.901. The van der Waals surface area contributed by atoms with E-state index in [1.54, 1.807) is 24.3 Å². The van der Waals surface area contributed by atoms with Crippen LogP contribution in [0.4, 0.5) is 0 Å². The Morgan fingerprint density at radius 1 is 1.33 bits per heavy atom. The van der Waals surface area contributed by atoms with Gasteiger partial charge in [0, 0.05) is 24.2 Å². The molecule has 0 aliphatic carbocycles. The summed E-state index contributed by atoms with van der Waals surface area (Å²) in [5.41, 5.74) is 5.73. The standard InChI is InChI=1S/C15H21ClN2O2.ClH/c16-12-4-6-14(7-5-12)20-10-8-15(19)18-9-2-1-3-13(18)11-17;/h4-7,13H,1-3,8-11,17H2;1H. The first-order valence-corrected chi connectivity index (χ1v) is 7.46. The van der Waals surface area contributed by atoms with Crippen LogP contribution >= 0.6 is 24.0 Å². The maximum absolute atomic E-state index is 12.2. The van der Waals surface area contributed by atoms with Gasteiger partial charge in [0.1, 0.15) is 5.75 Å². The van der Waals surface area contributed by atoms with Gasteiger partial charge in [-0.15, -0.1) is 12.4 Å². The molecule has 0 bridgehead atoms. The first-order chi connectivity index (χ1) is 9.70. The van der Waals surface area contributed by atoms with Crippen LogP contribution in [-0.4, -0.2) is 36.5 Å². The summed E-state index contributed by atoms with van der Waals surface area (Å²) in [6, 6.07) is 7.35. The molecule has 1 atom stereocenters. The zero-order valence-corrected chi connectivity index (χ0v) is 13.5. The largest absolute Gasteiger partial charge is 0.493 e. The number of carbonyl (C=O) groups is 1. The van der Waals surface area contributed by atoms with Crippen LogP contribution in [0, 0.1) is 0 Å². The van der Waals surface area contributed by atoms with Crippen molar-refractivity contribution in [2.24, 2.45) is 5.73 Å². The van der Waals surface area contributed by atoms with Gasteiger partial charge in [0.05, 0.1) is 13.0 Å². The van der Waals surface area contributed by atoms with Crippen LogP contribution in [0.1, 0.15) is 25.7 Å². The van der Waals surface area contributed by atoms with E-state index in [1.807, 2.05) is 4.90 Å². The van der Waals surface area contributed by atoms with E-state index in [-0.39, 0.29) is 24.4 Å². The second-order valence-electron chi connectivity index (χ2n) is 5.02. The Bertz CT molecular complexity index is 440. The normalized spacial score (nSPS) is 18.0. The highest BCUT2D eigenvalue weighted by Gasteiger charge is 2.25. The molecule has 1 unspecified atom stereocenters. The van der Waals surface area contributed by atoms with Gasteiger partial charge in [0.2, 0.25) is 5.91 Å². The van der Waals surface area contributed by atoms with Crippen LogP contribution in [0.25, 0.3) is 0 Å². The summed E-state index contributed by atoms with van der Waals surface area (Å²) in [5.74, 6) is 0.866. The highest BCUT2D eigenvalue weighted by Crippen LogP contribution is 2.18. The molecule has 1 fully saturated rings. The first-order valence-electron chi connectivity index (χ1n) is 7.08. The van der Waals surface area contributed by atoms with Crippen molar-refractivity contribution in [2.45, 2.75) is 31.7 Å². The molecule has 1 aliphatic heterocycles. The molecule has 1 amide bonds. The Labute approximate surface area is 137 Å². The van der Waals surface area contributed by atoms with E-state index in [9.17, 15) is 4.79 Å². The molecule has 1 heterocycles. The van der Waals surface area contributed by atoms with Crippen molar-refractivity contribution in [1.29, 1.82) is 0 Å². The minimum Gasteiger partial charge on any atom is -0.493 e. The third kappa shape index (κ3) is 5.38. The van der Waals surface area contributed by atoms with E-state index >= 15 is 0 Å². The SMILES string of the molecule is Cl.NCC1CCCCN1C(=O)CCOc1ccc(Cl)cc1. The Kier molecular flexibility index (Phi) is 7.86. The van der Waals surface area contributed by atoms with Crippen molar-refractivity contribution < 1.29 is 9.53 Å². The minimum atomic E-state index is 0. The summed E-state index contributed by atoms with van der Waals surface area (Å²) in [6.07, 6.45) is 3.63. The number of piperidine rings is 1. The van der Waals surface area contributed by atoms with Gasteiger partial charge < -0.3 is 15.4 Å². The predicted octanol–water partition coefficient (Wildman–Crippen LogP) is 2.87. The zero-order chi connectivity index (χ0) is 14.4. The van der Waals surface area contributed by atoms with E-state index < -0.39 is 0 Å².